The van der Waals surface area contributed by atoms with Gasteiger partial charge in [-0.3, -0.25) is 19.6 Å². The summed E-state index contributed by atoms with van der Waals surface area (Å²) >= 11 is 0. The topological polar surface area (TPSA) is 78.1 Å². The molecule has 1 atom stereocenters. The molecule has 2 heterocycles. The van der Waals surface area contributed by atoms with Gasteiger partial charge in [0.2, 0.25) is 11.8 Å². The zero-order valence-electron chi connectivity index (χ0n) is 14.6. The van der Waals surface area contributed by atoms with E-state index < -0.39 is 11.7 Å². The first-order valence-electron chi connectivity index (χ1n) is 9.37. The fourth-order valence-corrected chi connectivity index (χ4v) is 4.04. The Morgan fingerprint density at radius 1 is 1.23 bits per heavy atom. The third-order valence-electron chi connectivity index (χ3n) is 5.47. The maximum absolute atomic E-state index is 14.2. The standard InChI is InChI=1S/C19H23FN4O2/c20-14-8-5-9-15-17(14)18(23-22-15)24-11-12(10-16(24)25)19(26)21-13-6-3-1-2-4-7-13/h5,8-9,12-13H,1-4,6-7,10-11H2,(H,21,26)(H,22,23)/t12-/m0/s1. The molecule has 2 N–H and O–H groups in total. The summed E-state index contributed by atoms with van der Waals surface area (Å²) in [5.41, 5.74) is 0.541. The number of fused-ring (bicyclic) bond motifs is 1. The van der Waals surface area contributed by atoms with Crippen LogP contribution in [0.5, 0.6) is 0 Å². The lowest BCUT2D eigenvalue weighted by atomic mass is 10.0. The molecule has 0 spiro atoms. The molecule has 0 unspecified atom stereocenters. The first kappa shape index (κ1) is 17.0. The Labute approximate surface area is 151 Å². The highest BCUT2D eigenvalue weighted by molar-refractivity contribution is 6.05. The van der Waals surface area contributed by atoms with Crippen molar-refractivity contribution in [2.75, 3.05) is 11.4 Å². The van der Waals surface area contributed by atoms with Gasteiger partial charge in [0.15, 0.2) is 5.82 Å². The van der Waals surface area contributed by atoms with Crippen molar-refractivity contribution >= 4 is 28.5 Å². The lowest BCUT2D eigenvalue weighted by molar-refractivity contribution is -0.127. The van der Waals surface area contributed by atoms with Gasteiger partial charge in [0, 0.05) is 19.0 Å². The minimum Gasteiger partial charge on any atom is -0.353 e. The summed E-state index contributed by atoms with van der Waals surface area (Å²) in [7, 11) is 0. The zero-order valence-corrected chi connectivity index (χ0v) is 14.6. The second-order valence-electron chi connectivity index (χ2n) is 7.31. The number of H-pyrrole nitrogens is 1. The predicted octanol–water partition coefficient (Wildman–Crippen LogP) is 2.89. The normalized spacial score (nSPS) is 22.0. The van der Waals surface area contributed by atoms with Crippen LogP contribution in [-0.2, 0) is 9.59 Å². The van der Waals surface area contributed by atoms with Crippen molar-refractivity contribution in [1.29, 1.82) is 0 Å². The van der Waals surface area contributed by atoms with Gasteiger partial charge in [-0.1, -0.05) is 31.7 Å². The molecular weight excluding hydrogens is 335 g/mol. The quantitative estimate of drug-likeness (QED) is 0.828. The van der Waals surface area contributed by atoms with Gasteiger partial charge in [0.25, 0.3) is 0 Å². The number of aromatic nitrogens is 2. The number of hydrogen-bond acceptors (Lipinski definition) is 3. The fourth-order valence-electron chi connectivity index (χ4n) is 4.04. The number of hydrogen-bond donors (Lipinski definition) is 2. The number of rotatable bonds is 3. The van der Waals surface area contributed by atoms with E-state index in [2.05, 4.69) is 15.5 Å². The van der Waals surface area contributed by atoms with Gasteiger partial charge in [-0.05, 0) is 25.0 Å². The zero-order chi connectivity index (χ0) is 18.1. The molecule has 0 bridgehead atoms. The minimum absolute atomic E-state index is 0.0759. The van der Waals surface area contributed by atoms with Crippen molar-refractivity contribution in [1.82, 2.24) is 15.5 Å². The van der Waals surface area contributed by atoms with E-state index in [9.17, 15) is 14.0 Å². The van der Waals surface area contributed by atoms with Crippen LogP contribution in [-0.4, -0.2) is 34.6 Å². The monoisotopic (exact) mass is 358 g/mol. The number of anilines is 1. The molecule has 1 saturated carbocycles. The van der Waals surface area contributed by atoms with Crippen LogP contribution in [0.3, 0.4) is 0 Å². The lowest BCUT2D eigenvalue weighted by Crippen LogP contribution is -2.39. The van der Waals surface area contributed by atoms with Crippen molar-refractivity contribution in [3.8, 4) is 0 Å². The highest BCUT2D eigenvalue weighted by atomic mass is 19.1. The van der Waals surface area contributed by atoms with Gasteiger partial charge >= 0.3 is 0 Å². The Balaban J connectivity index is 1.48. The van der Waals surface area contributed by atoms with Crippen molar-refractivity contribution < 1.29 is 14.0 Å². The molecule has 2 aliphatic rings. The van der Waals surface area contributed by atoms with Crippen molar-refractivity contribution in [2.24, 2.45) is 5.92 Å². The van der Waals surface area contributed by atoms with Gasteiger partial charge in [0.1, 0.15) is 5.82 Å². The molecule has 1 aromatic carbocycles. The van der Waals surface area contributed by atoms with Crippen LogP contribution in [0.15, 0.2) is 18.2 Å². The molecular formula is C19H23FN4O2. The minimum atomic E-state index is -0.426. The molecule has 1 saturated heterocycles. The molecule has 1 aliphatic carbocycles. The van der Waals surface area contributed by atoms with E-state index in [0.717, 1.165) is 25.7 Å². The van der Waals surface area contributed by atoms with E-state index in [1.165, 1.54) is 23.8 Å². The maximum Gasteiger partial charge on any atom is 0.229 e. The van der Waals surface area contributed by atoms with Crippen LogP contribution < -0.4 is 10.2 Å². The number of carbonyl (C=O) groups excluding carboxylic acids is 2. The molecule has 138 valence electrons. The van der Waals surface area contributed by atoms with Crippen LogP contribution >= 0.6 is 0 Å². The van der Waals surface area contributed by atoms with Gasteiger partial charge < -0.3 is 5.32 Å². The van der Waals surface area contributed by atoms with E-state index in [1.807, 2.05) is 0 Å². The highest BCUT2D eigenvalue weighted by Crippen LogP contribution is 2.31. The third kappa shape index (κ3) is 3.18. The average Bonchev–Trinajstić information content (AvgIpc) is 3.12. The summed E-state index contributed by atoms with van der Waals surface area (Å²) in [5.74, 6) is -0.835. The van der Waals surface area contributed by atoms with Gasteiger partial charge in [0.05, 0.1) is 16.8 Å². The first-order valence-corrected chi connectivity index (χ1v) is 9.37. The Bertz CT molecular complexity index is 826. The van der Waals surface area contributed by atoms with Crippen molar-refractivity contribution in [3.05, 3.63) is 24.0 Å². The number of aromatic amines is 1. The van der Waals surface area contributed by atoms with Crippen molar-refractivity contribution in [2.45, 2.75) is 51.0 Å². The SMILES string of the molecule is O=C(NC1CCCCCC1)[C@H]1CC(=O)N(c2n[nH]c3cccc(F)c23)C1. The number of halogens is 1. The van der Waals surface area contributed by atoms with E-state index in [4.69, 9.17) is 0 Å². The highest BCUT2D eigenvalue weighted by Gasteiger charge is 2.37. The van der Waals surface area contributed by atoms with Crippen LogP contribution in [0.2, 0.25) is 0 Å². The van der Waals surface area contributed by atoms with Gasteiger partial charge in [-0.15, -0.1) is 0 Å². The number of carbonyl (C=O) groups is 2. The van der Waals surface area contributed by atoms with Gasteiger partial charge in [-0.25, -0.2) is 4.39 Å². The molecule has 1 aliphatic heterocycles. The summed E-state index contributed by atoms with van der Waals surface area (Å²) in [5, 5.41) is 10.3. The van der Waals surface area contributed by atoms with Crippen LogP contribution in [0.25, 0.3) is 10.9 Å². The summed E-state index contributed by atoms with van der Waals surface area (Å²) in [6.45, 7) is 0.242. The van der Waals surface area contributed by atoms with Crippen molar-refractivity contribution in [3.63, 3.8) is 0 Å². The smallest absolute Gasteiger partial charge is 0.229 e. The summed E-state index contributed by atoms with van der Waals surface area (Å²) in [4.78, 5) is 26.5. The third-order valence-corrected chi connectivity index (χ3v) is 5.47. The molecule has 2 aromatic rings. The second kappa shape index (κ2) is 7.05. The molecule has 7 heteroatoms. The predicted molar refractivity (Wildman–Crippen MR) is 96.1 cm³/mol. The number of nitrogens with one attached hydrogen (secondary N) is 2. The molecule has 0 radical (unpaired) electrons. The largest absolute Gasteiger partial charge is 0.353 e. The van der Waals surface area contributed by atoms with Crippen LogP contribution in [0.4, 0.5) is 10.2 Å². The van der Waals surface area contributed by atoms with Gasteiger partial charge in [-0.2, -0.15) is 5.10 Å². The first-order chi connectivity index (χ1) is 12.6. The summed E-state index contributed by atoms with van der Waals surface area (Å²) in [6.07, 6.45) is 6.87. The van der Waals surface area contributed by atoms with E-state index in [1.54, 1.807) is 12.1 Å². The molecule has 2 fully saturated rings. The van der Waals surface area contributed by atoms with E-state index >= 15 is 0 Å². The molecule has 26 heavy (non-hydrogen) atoms. The second-order valence-corrected chi connectivity index (χ2v) is 7.31. The number of benzene rings is 1. The average molecular weight is 358 g/mol. The van der Waals surface area contributed by atoms with Crippen LogP contribution in [0, 0.1) is 11.7 Å². The fraction of sp³-hybridized carbons (Fsp3) is 0.526. The molecule has 1 aromatic heterocycles. The number of nitrogens with zero attached hydrogens (tertiary/aromatic N) is 2. The Hall–Kier alpha value is -2.44. The van der Waals surface area contributed by atoms with E-state index in [-0.39, 0.29) is 36.6 Å². The van der Waals surface area contributed by atoms with Crippen LogP contribution in [0.1, 0.15) is 44.9 Å². The Morgan fingerprint density at radius 3 is 2.77 bits per heavy atom. The maximum atomic E-state index is 14.2. The Morgan fingerprint density at radius 2 is 2.00 bits per heavy atom. The molecule has 6 nitrogen and oxygen atoms in total. The molecule has 2 amide bonds. The lowest BCUT2D eigenvalue weighted by Gasteiger charge is -2.19. The summed E-state index contributed by atoms with van der Waals surface area (Å²) < 4.78 is 14.2. The van der Waals surface area contributed by atoms with E-state index in [0.29, 0.717) is 10.9 Å². The number of amides is 2. The summed E-state index contributed by atoms with van der Waals surface area (Å²) in [6, 6.07) is 4.86. The molecule has 4 rings (SSSR count). The Kier molecular flexibility index (Phi) is 4.61.